The van der Waals surface area contributed by atoms with Gasteiger partial charge in [0.25, 0.3) is 0 Å². The van der Waals surface area contributed by atoms with Gasteiger partial charge in [-0.3, -0.25) is 0 Å². The number of nitrogens with zero attached hydrogens (tertiary/aromatic N) is 2. The molecule has 8 heteroatoms. The first-order valence-corrected chi connectivity index (χ1v) is 6.30. The van der Waals surface area contributed by atoms with Crippen LogP contribution in [-0.4, -0.2) is 9.97 Å². The van der Waals surface area contributed by atoms with Crippen LogP contribution in [0.2, 0.25) is 0 Å². The molecular weight excluding hydrogens is 337 g/mol. The maximum atomic E-state index is 12.7. The number of anilines is 3. The van der Waals surface area contributed by atoms with E-state index in [-0.39, 0.29) is 11.6 Å². The highest BCUT2D eigenvalue weighted by molar-refractivity contribution is 9.10. The Hall–Kier alpha value is -1.83. The van der Waals surface area contributed by atoms with E-state index in [1.807, 2.05) is 0 Å². The predicted octanol–water partition coefficient (Wildman–Crippen LogP) is 3.89. The topological polar surface area (TPSA) is 63.8 Å². The first-order chi connectivity index (χ1) is 9.25. The predicted molar refractivity (Wildman–Crippen MR) is 73.6 cm³/mol. The van der Waals surface area contributed by atoms with Crippen molar-refractivity contribution in [1.29, 1.82) is 0 Å². The van der Waals surface area contributed by atoms with E-state index in [1.165, 1.54) is 6.07 Å². The molecule has 0 amide bonds. The minimum Gasteiger partial charge on any atom is -0.368 e. The van der Waals surface area contributed by atoms with Gasteiger partial charge in [0.15, 0.2) is 0 Å². The van der Waals surface area contributed by atoms with E-state index < -0.39 is 11.7 Å². The molecule has 0 bridgehead atoms. The van der Waals surface area contributed by atoms with Crippen LogP contribution in [0.5, 0.6) is 0 Å². The molecule has 0 atom stereocenters. The number of aromatic nitrogens is 2. The maximum absolute atomic E-state index is 12.7. The zero-order chi connectivity index (χ0) is 14.9. The standard InChI is InChI=1S/C12H10BrF3N4/c1-6-4-10(20-11(17)18-6)19-9-5-7(12(14,15)16)2-3-8(9)13/h2-5H,1H3,(H3,17,18,19,20). The van der Waals surface area contributed by atoms with Crippen LogP contribution in [0.15, 0.2) is 28.7 Å². The molecule has 0 saturated carbocycles. The van der Waals surface area contributed by atoms with Gasteiger partial charge in [0.1, 0.15) is 5.82 Å². The van der Waals surface area contributed by atoms with Crippen molar-refractivity contribution in [3.8, 4) is 0 Å². The van der Waals surface area contributed by atoms with Crippen LogP contribution < -0.4 is 11.1 Å². The van der Waals surface area contributed by atoms with Gasteiger partial charge in [-0.25, -0.2) is 4.98 Å². The second-order valence-electron chi connectivity index (χ2n) is 4.07. The van der Waals surface area contributed by atoms with Crippen molar-refractivity contribution in [2.45, 2.75) is 13.1 Å². The number of hydrogen-bond acceptors (Lipinski definition) is 4. The molecule has 4 nitrogen and oxygen atoms in total. The van der Waals surface area contributed by atoms with E-state index in [2.05, 4.69) is 31.2 Å². The van der Waals surface area contributed by atoms with E-state index in [4.69, 9.17) is 5.73 Å². The molecule has 2 aromatic rings. The van der Waals surface area contributed by atoms with Crippen molar-refractivity contribution in [3.05, 3.63) is 40.0 Å². The molecule has 1 heterocycles. The second-order valence-corrected chi connectivity index (χ2v) is 4.92. The number of alkyl halides is 3. The van der Waals surface area contributed by atoms with Crippen molar-refractivity contribution in [1.82, 2.24) is 9.97 Å². The van der Waals surface area contributed by atoms with E-state index in [1.54, 1.807) is 13.0 Å². The highest BCUT2D eigenvalue weighted by Crippen LogP contribution is 2.34. The zero-order valence-electron chi connectivity index (χ0n) is 10.3. The molecule has 106 valence electrons. The Morgan fingerprint density at radius 1 is 1.20 bits per heavy atom. The molecule has 1 aromatic heterocycles. The summed E-state index contributed by atoms with van der Waals surface area (Å²) in [5.74, 6) is 0.380. The van der Waals surface area contributed by atoms with Gasteiger partial charge in [0, 0.05) is 16.2 Å². The van der Waals surface area contributed by atoms with Crippen molar-refractivity contribution in [2.24, 2.45) is 0 Å². The summed E-state index contributed by atoms with van der Waals surface area (Å²) in [5, 5.41) is 2.79. The Kier molecular flexibility index (Phi) is 3.85. The Labute approximate surface area is 121 Å². The summed E-state index contributed by atoms with van der Waals surface area (Å²) in [4.78, 5) is 7.81. The average molecular weight is 347 g/mol. The quantitative estimate of drug-likeness (QED) is 0.865. The minimum atomic E-state index is -4.41. The minimum absolute atomic E-state index is 0.0515. The fraction of sp³-hybridized carbons (Fsp3) is 0.167. The van der Waals surface area contributed by atoms with Gasteiger partial charge in [-0.05, 0) is 41.1 Å². The molecule has 20 heavy (non-hydrogen) atoms. The van der Waals surface area contributed by atoms with Crippen LogP contribution in [0.3, 0.4) is 0 Å². The van der Waals surface area contributed by atoms with E-state index in [0.29, 0.717) is 16.0 Å². The lowest BCUT2D eigenvalue weighted by atomic mass is 10.2. The van der Waals surface area contributed by atoms with Crippen molar-refractivity contribution >= 4 is 33.4 Å². The summed E-state index contributed by atoms with van der Waals surface area (Å²) in [7, 11) is 0. The van der Waals surface area contributed by atoms with Crippen LogP contribution in [-0.2, 0) is 6.18 Å². The summed E-state index contributed by atoms with van der Waals surface area (Å²) in [6.07, 6.45) is -4.41. The summed E-state index contributed by atoms with van der Waals surface area (Å²) in [6, 6.07) is 4.90. The normalized spacial score (nSPS) is 11.4. The van der Waals surface area contributed by atoms with Gasteiger partial charge in [0.05, 0.1) is 11.3 Å². The van der Waals surface area contributed by atoms with Crippen molar-refractivity contribution < 1.29 is 13.2 Å². The molecule has 0 aliphatic carbocycles. The molecule has 3 N–H and O–H groups in total. The number of nitrogen functional groups attached to an aromatic ring is 1. The molecule has 0 fully saturated rings. The molecular formula is C12H10BrF3N4. The van der Waals surface area contributed by atoms with Gasteiger partial charge < -0.3 is 11.1 Å². The van der Waals surface area contributed by atoms with E-state index in [9.17, 15) is 13.2 Å². The van der Waals surface area contributed by atoms with Crippen molar-refractivity contribution in [2.75, 3.05) is 11.1 Å². The Bertz CT molecular complexity index is 623. The lowest BCUT2D eigenvalue weighted by Gasteiger charge is -2.12. The SMILES string of the molecule is Cc1cc(Nc2cc(C(F)(F)F)ccc2Br)nc(N)n1. The molecule has 1 aromatic carbocycles. The molecule has 0 saturated heterocycles. The monoisotopic (exact) mass is 346 g/mol. The Morgan fingerprint density at radius 3 is 2.50 bits per heavy atom. The van der Waals surface area contributed by atoms with Gasteiger partial charge in [-0.15, -0.1) is 0 Å². The number of halogens is 4. The van der Waals surface area contributed by atoms with Crippen LogP contribution >= 0.6 is 15.9 Å². The molecule has 0 aliphatic rings. The summed E-state index contributed by atoms with van der Waals surface area (Å²) in [5.41, 5.74) is 5.61. The van der Waals surface area contributed by atoms with E-state index >= 15 is 0 Å². The first kappa shape index (κ1) is 14.6. The fourth-order valence-electron chi connectivity index (χ4n) is 1.59. The van der Waals surface area contributed by atoms with Gasteiger partial charge in [-0.1, -0.05) is 0 Å². The number of benzene rings is 1. The highest BCUT2D eigenvalue weighted by atomic mass is 79.9. The van der Waals surface area contributed by atoms with Gasteiger partial charge in [0.2, 0.25) is 5.95 Å². The maximum Gasteiger partial charge on any atom is 0.416 e. The summed E-state index contributed by atoms with van der Waals surface area (Å²) in [6.45, 7) is 1.71. The highest BCUT2D eigenvalue weighted by Gasteiger charge is 2.30. The van der Waals surface area contributed by atoms with Crippen LogP contribution in [0.4, 0.5) is 30.6 Å². The summed E-state index contributed by atoms with van der Waals surface area (Å²) < 4.78 is 38.5. The third-order valence-electron chi connectivity index (χ3n) is 2.43. The Balaban J connectivity index is 2.37. The second kappa shape index (κ2) is 5.28. The van der Waals surface area contributed by atoms with Crippen LogP contribution in [0, 0.1) is 6.92 Å². The fourth-order valence-corrected chi connectivity index (χ4v) is 1.94. The molecule has 2 rings (SSSR count). The van der Waals surface area contributed by atoms with Crippen molar-refractivity contribution in [3.63, 3.8) is 0 Å². The number of rotatable bonds is 2. The first-order valence-electron chi connectivity index (χ1n) is 5.50. The Morgan fingerprint density at radius 2 is 1.90 bits per heavy atom. The zero-order valence-corrected chi connectivity index (χ0v) is 11.9. The number of hydrogen-bond donors (Lipinski definition) is 2. The van der Waals surface area contributed by atoms with Gasteiger partial charge in [-0.2, -0.15) is 18.2 Å². The number of aryl methyl sites for hydroxylation is 1. The van der Waals surface area contributed by atoms with Gasteiger partial charge >= 0.3 is 6.18 Å². The lowest BCUT2D eigenvalue weighted by Crippen LogP contribution is -2.06. The lowest BCUT2D eigenvalue weighted by molar-refractivity contribution is -0.137. The molecule has 0 radical (unpaired) electrons. The van der Waals surface area contributed by atoms with Crippen LogP contribution in [0.25, 0.3) is 0 Å². The molecule has 0 unspecified atom stereocenters. The molecule has 0 aliphatic heterocycles. The third-order valence-corrected chi connectivity index (χ3v) is 3.12. The summed E-state index contributed by atoms with van der Waals surface area (Å²) >= 11 is 3.19. The number of nitrogens with two attached hydrogens (primary N) is 1. The molecule has 0 spiro atoms. The van der Waals surface area contributed by atoms with E-state index in [0.717, 1.165) is 12.1 Å². The number of nitrogens with one attached hydrogen (secondary N) is 1. The van der Waals surface area contributed by atoms with Crippen LogP contribution in [0.1, 0.15) is 11.3 Å². The average Bonchev–Trinajstić information content (AvgIpc) is 2.29. The largest absolute Gasteiger partial charge is 0.416 e. The smallest absolute Gasteiger partial charge is 0.368 e. The third kappa shape index (κ3) is 3.38.